The van der Waals surface area contributed by atoms with E-state index in [4.69, 9.17) is 4.74 Å². The molecule has 0 spiro atoms. The number of sulfonamides is 1. The maximum atomic E-state index is 12.7. The zero-order valence-corrected chi connectivity index (χ0v) is 12.7. The van der Waals surface area contributed by atoms with Crippen molar-refractivity contribution >= 4 is 21.4 Å². The summed E-state index contributed by atoms with van der Waals surface area (Å²) in [5.41, 5.74) is 0. The Labute approximate surface area is 117 Å². The molecular weight excluding hydrogens is 286 g/mol. The minimum Gasteiger partial charge on any atom is -0.494 e. The van der Waals surface area contributed by atoms with Gasteiger partial charge in [0.25, 0.3) is 10.0 Å². The molecule has 0 bridgehead atoms. The van der Waals surface area contributed by atoms with Gasteiger partial charge in [-0.1, -0.05) is 0 Å². The first kappa shape index (κ1) is 14.8. The second-order valence-electron chi connectivity index (χ2n) is 4.83. The van der Waals surface area contributed by atoms with Crippen LogP contribution in [-0.2, 0) is 10.0 Å². The molecule has 2 rings (SSSR count). The smallest absolute Gasteiger partial charge is 0.256 e. The van der Waals surface area contributed by atoms with E-state index in [-0.39, 0.29) is 22.8 Å². The first-order valence-corrected chi connectivity index (χ1v) is 8.56. The van der Waals surface area contributed by atoms with E-state index in [1.54, 1.807) is 11.4 Å². The van der Waals surface area contributed by atoms with Crippen molar-refractivity contribution in [3.05, 3.63) is 11.4 Å². The molecule has 1 aromatic heterocycles. The summed E-state index contributed by atoms with van der Waals surface area (Å²) in [5, 5.41) is 11.0. The van der Waals surface area contributed by atoms with E-state index >= 15 is 0 Å². The predicted octanol–water partition coefficient (Wildman–Crippen LogP) is 1.54. The van der Waals surface area contributed by atoms with Crippen molar-refractivity contribution in [1.29, 1.82) is 0 Å². The van der Waals surface area contributed by atoms with Crippen molar-refractivity contribution in [3.8, 4) is 5.75 Å². The lowest BCUT2D eigenvalue weighted by Crippen LogP contribution is -2.46. The molecule has 1 aliphatic heterocycles. The normalized spacial score (nSPS) is 25.4. The van der Waals surface area contributed by atoms with Crippen LogP contribution in [0.4, 0.5) is 0 Å². The summed E-state index contributed by atoms with van der Waals surface area (Å²) in [6, 6.07) is 1.62. The first-order valence-electron chi connectivity index (χ1n) is 6.25. The monoisotopic (exact) mass is 305 g/mol. The minimum atomic E-state index is -3.54. The van der Waals surface area contributed by atoms with Crippen molar-refractivity contribution in [1.82, 2.24) is 4.31 Å². The molecule has 1 saturated heterocycles. The van der Waals surface area contributed by atoms with E-state index in [1.807, 2.05) is 6.92 Å². The van der Waals surface area contributed by atoms with Crippen LogP contribution in [0.5, 0.6) is 5.75 Å². The van der Waals surface area contributed by atoms with Gasteiger partial charge >= 0.3 is 0 Å². The maximum absolute atomic E-state index is 12.7. The number of thiophene rings is 1. The Balaban J connectivity index is 2.32. The zero-order chi connectivity index (χ0) is 14.0. The van der Waals surface area contributed by atoms with Crippen LogP contribution in [0.25, 0.3) is 0 Å². The van der Waals surface area contributed by atoms with Gasteiger partial charge in [-0.2, -0.15) is 4.31 Å². The molecule has 0 amide bonds. The van der Waals surface area contributed by atoms with Gasteiger partial charge in [0.1, 0.15) is 5.75 Å². The standard InChI is InChI=1S/C12H19NO4S2/c1-9-3-4-10(8-14)7-13(9)19(15,16)12-11(17-2)5-6-18-12/h5-6,9-10,14H,3-4,7-8H2,1-2H3/t9-,10+/m0/s1. The van der Waals surface area contributed by atoms with Gasteiger partial charge in [-0.3, -0.25) is 0 Å². The molecule has 2 atom stereocenters. The molecule has 1 aromatic rings. The summed E-state index contributed by atoms with van der Waals surface area (Å²) in [4.78, 5) is 0. The summed E-state index contributed by atoms with van der Waals surface area (Å²) in [5.74, 6) is 0.417. The van der Waals surface area contributed by atoms with Crippen LogP contribution in [-0.4, -0.2) is 44.1 Å². The third-order valence-electron chi connectivity index (χ3n) is 3.54. The Bertz CT molecular complexity index is 526. The summed E-state index contributed by atoms with van der Waals surface area (Å²) in [7, 11) is -2.07. The number of piperidine rings is 1. The summed E-state index contributed by atoms with van der Waals surface area (Å²) in [6.07, 6.45) is 1.64. The van der Waals surface area contributed by atoms with Gasteiger partial charge in [0, 0.05) is 19.2 Å². The number of nitrogens with zero attached hydrogens (tertiary/aromatic N) is 1. The van der Waals surface area contributed by atoms with E-state index in [2.05, 4.69) is 0 Å². The summed E-state index contributed by atoms with van der Waals surface area (Å²) >= 11 is 1.17. The van der Waals surface area contributed by atoms with Crippen LogP contribution in [0.15, 0.2) is 15.7 Å². The average Bonchev–Trinajstić information content (AvgIpc) is 2.88. The Kier molecular flexibility index (Phi) is 4.50. The highest BCUT2D eigenvalue weighted by Gasteiger charge is 2.36. The Morgan fingerprint density at radius 1 is 1.53 bits per heavy atom. The molecule has 0 radical (unpaired) electrons. The molecule has 5 nitrogen and oxygen atoms in total. The molecule has 0 saturated carbocycles. The lowest BCUT2D eigenvalue weighted by Gasteiger charge is -2.36. The number of ether oxygens (including phenoxy) is 1. The molecule has 0 aromatic carbocycles. The van der Waals surface area contributed by atoms with E-state index in [0.29, 0.717) is 12.3 Å². The van der Waals surface area contributed by atoms with Crippen LogP contribution >= 0.6 is 11.3 Å². The lowest BCUT2D eigenvalue weighted by atomic mass is 9.96. The first-order chi connectivity index (χ1) is 9.00. The Morgan fingerprint density at radius 2 is 2.26 bits per heavy atom. The van der Waals surface area contributed by atoms with Gasteiger partial charge in [-0.25, -0.2) is 8.42 Å². The fraction of sp³-hybridized carbons (Fsp3) is 0.667. The zero-order valence-electron chi connectivity index (χ0n) is 11.1. The van der Waals surface area contributed by atoms with Crippen LogP contribution in [0, 0.1) is 5.92 Å². The molecule has 108 valence electrons. The van der Waals surface area contributed by atoms with Gasteiger partial charge in [0.05, 0.1) is 7.11 Å². The molecule has 0 aliphatic carbocycles. The van der Waals surface area contributed by atoms with Crippen molar-refractivity contribution in [2.45, 2.75) is 30.0 Å². The van der Waals surface area contributed by atoms with Crippen LogP contribution in [0.3, 0.4) is 0 Å². The minimum absolute atomic E-state index is 0.0249. The Morgan fingerprint density at radius 3 is 2.89 bits per heavy atom. The SMILES string of the molecule is COc1ccsc1S(=O)(=O)N1C[C@H](CO)CC[C@@H]1C. The number of aliphatic hydroxyl groups is 1. The van der Waals surface area contributed by atoms with Gasteiger partial charge in [-0.05, 0) is 37.1 Å². The molecule has 1 aliphatic rings. The summed E-state index contributed by atoms with van der Waals surface area (Å²) < 4.78 is 32.2. The van der Waals surface area contributed by atoms with Gasteiger partial charge in [-0.15, -0.1) is 11.3 Å². The fourth-order valence-electron chi connectivity index (χ4n) is 2.36. The number of rotatable bonds is 4. The fourth-order valence-corrected chi connectivity index (χ4v) is 5.49. The van der Waals surface area contributed by atoms with Crippen molar-refractivity contribution in [3.63, 3.8) is 0 Å². The number of hydrogen-bond donors (Lipinski definition) is 1. The molecule has 2 heterocycles. The molecule has 0 unspecified atom stereocenters. The van der Waals surface area contributed by atoms with E-state index in [1.165, 1.54) is 22.8 Å². The van der Waals surface area contributed by atoms with Crippen LogP contribution in [0.2, 0.25) is 0 Å². The number of aliphatic hydroxyl groups excluding tert-OH is 1. The number of hydrogen-bond acceptors (Lipinski definition) is 5. The third-order valence-corrected chi connectivity index (χ3v) is 6.94. The van der Waals surface area contributed by atoms with Gasteiger partial charge in [0.15, 0.2) is 4.21 Å². The second kappa shape index (κ2) is 5.78. The largest absolute Gasteiger partial charge is 0.494 e. The van der Waals surface area contributed by atoms with E-state index in [9.17, 15) is 13.5 Å². The Hall–Kier alpha value is -0.630. The highest BCUT2D eigenvalue weighted by molar-refractivity contribution is 7.91. The summed E-state index contributed by atoms with van der Waals surface area (Å²) in [6.45, 7) is 2.31. The molecule has 19 heavy (non-hydrogen) atoms. The molecule has 7 heteroatoms. The molecule has 1 fully saturated rings. The van der Waals surface area contributed by atoms with E-state index in [0.717, 1.165) is 12.8 Å². The van der Waals surface area contributed by atoms with Crippen molar-refractivity contribution in [2.75, 3.05) is 20.3 Å². The lowest BCUT2D eigenvalue weighted by molar-refractivity contribution is 0.139. The predicted molar refractivity (Wildman–Crippen MR) is 74.0 cm³/mol. The third kappa shape index (κ3) is 2.79. The van der Waals surface area contributed by atoms with Crippen molar-refractivity contribution < 1.29 is 18.3 Å². The molecular formula is C12H19NO4S2. The molecule has 1 N–H and O–H groups in total. The average molecular weight is 305 g/mol. The highest BCUT2D eigenvalue weighted by Crippen LogP contribution is 2.35. The quantitative estimate of drug-likeness (QED) is 0.916. The second-order valence-corrected chi connectivity index (χ2v) is 7.83. The number of methoxy groups -OCH3 is 1. The van der Waals surface area contributed by atoms with Gasteiger partial charge < -0.3 is 9.84 Å². The maximum Gasteiger partial charge on any atom is 0.256 e. The van der Waals surface area contributed by atoms with E-state index < -0.39 is 10.0 Å². The van der Waals surface area contributed by atoms with Gasteiger partial charge in [0.2, 0.25) is 0 Å². The van der Waals surface area contributed by atoms with Crippen molar-refractivity contribution in [2.24, 2.45) is 5.92 Å². The topological polar surface area (TPSA) is 66.8 Å². The highest BCUT2D eigenvalue weighted by atomic mass is 32.2. The van der Waals surface area contributed by atoms with Crippen LogP contribution < -0.4 is 4.74 Å². The van der Waals surface area contributed by atoms with Crippen LogP contribution in [0.1, 0.15) is 19.8 Å².